The summed E-state index contributed by atoms with van der Waals surface area (Å²) in [5, 5.41) is 8.50. The van der Waals surface area contributed by atoms with E-state index in [0.717, 1.165) is 0 Å². The molecule has 0 aliphatic rings. The highest BCUT2D eigenvalue weighted by Crippen LogP contribution is 2.53. The molecule has 6 heteroatoms. The summed E-state index contributed by atoms with van der Waals surface area (Å²) in [6, 6.07) is 1.22. The van der Waals surface area contributed by atoms with Gasteiger partial charge in [-0.05, 0) is 27.2 Å². The second-order valence-electron chi connectivity index (χ2n) is 3.35. The van der Waals surface area contributed by atoms with Crippen LogP contribution in [0.15, 0.2) is 0 Å². The second-order valence-corrected chi connectivity index (χ2v) is 5.93. The minimum atomic E-state index is -2.99. The molecule has 0 N–H and O–H groups in total. The maximum absolute atomic E-state index is 12.6. The van der Waals surface area contributed by atoms with Crippen LogP contribution in [0.4, 0.5) is 0 Å². The van der Waals surface area contributed by atoms with E-state index in [2.05, 4.69) is 0 Å². The van der Waals surface area contributed by atoms with Gasteiger partial charge in [-0.15, -0.1) is 0 Å². The molecule has 0 saturated carbocycles. The first-order valence-electron chi connectivity index (χ1n) is 5.98. The van der Waals surface area contributed by atoms with Crippen molar-refractivity contribution >= 4 is 7.37 Å². The molecule has 0 fully saturated rings. The standard InChI is InChI=1S/C11H22NO4P/c1-4-14-11(15-5-2)17(13,16-6-3)10-8-7-9-12/h11H,4-8,10H2,1-3H3. The maximum Gasteiger partial charge on any atom is 0.257 e. The van der Waals surface area contributed by atoms with E-state index in [9.17, 15) is 4.57 Å². The average molecular weight is 263 g/mol. The zero-order valence-electron chi connectivity index (χ0n) is 10.8. The minimum Gasteiger partial charge on any atom is -0.345 e. The van der Waals surface area contributed by atoms with Crippen molar-refractivity contribution in [3.05, 3.63) is 0 Å². The molecule has 17 heavy (non-hydrogen) atoms. The molecule has 0 saturated heterocycles. The summed E-state index contributed by atoms with van der Waals surface area (Å²) >= 11 is 0. The number of rotatable bonds is 10. The van der Waals surface area contributed by atoms with E-state index < -0.39 is 13.4 Å². The maximum atomic E-state index is 12.6. The molecule has 0 aromatic rings. The molecule has 0 rings (SSSR count). The number of ether oxygens (including phenoxy) is 2. The molecule has 0 bridgehead atoms. The fourth-order valence-electron chi connectivity index (χ4n) is 1.39. The molecule has 0 aromatic carbocycles. The third-order valence-electron chi connectivity index (χ3n) is 2.05. The van der Waals surface area contributed by atoms with Gasteiger partial charge in [-0.3, -0.25) is 4.57 Å². The lowest BCUT2D eigenvalue weighted by molar-refractivity contribution is -0.0888. The minimum absolute atomic E-state index is 0.319. The van der Waals surface area contributed by atoms with Crippen molar-refractivity contribution < 1.29 is 18.6 Å². The fourth-order valence-corrected chi connectivity index (χ4v) is 3.64. The van der Waals surface area contributed by atoms with Gasteiger partial charge in [0.05, 0.1) is 12.7 Å². The largest absolute Gasteiger partial charge is 0.345 e. The molecule has 100 valence electrons. The smallest absolute Gasteiger partial charge is 0.257 e. The molecule has 1 unspecified atom stereocenters. The summed E-state index contributed by atoms with van der Waals surface area (Å²) < 4.78 is 28.6. The van der Waals surface area contributed by atoms with Crippen LogP contribution >= 0.6 is 7.37 Å². The van der Waals surface area contributed by atoms with Crippen molar-refractivity contribution in [1.82, 2.24) is 0 Å². The van der Waals surface area contributed by atoms with Crippen molar-refractivity contribution in [2.24, 2.45) is 0 Å². The number of hydrogen-bond donors (Lipinski definition) is 0. The predicted molar refractivity (Wildman–Crippen MR) is 66.0 cm³/mol. The summed E-state index contributed by atoms with van der Waals surface area (Å²) in [6.07, 6.45) is 1.21. The van der Waals surface area contributed by atoms with Crippen LogP contribution in [-0.4, -0.2) is 32.0 Å². The van der Waals surface area contributed by atoms with Crippen LogP contribution < -0.4 is 0 Å². The zero-order chi connectivity index (χ0) is 13.1. The lowest BCUT2D eigenvalue weighted by Crippen LogP contribution is -2.21. The summed E-state index contributed by atoms with van der Waals surface area (Å²) in [6.45, 7) is 6.60. The second kappa shape index (κ2) is 9.61. The first kappa shape index (κ1) is 16.6. The topological polar surface area (TPSA) is 68.5 Å². The molecular formula is C11H22NO4P. The fraction of sp³-hybridized carbons (Fsp3) is 0.909. The van der Waals surface area contributed by atoms with Gasteiger partial charge in [-0.2, -0.15) is 5.26 Å². The van der Waals surface area contributed by atoms with E-state index in [1.165, 1.54) is 0 Å². The van der Waals surface area contributed by atoms with Crippen molar-refractivity contribution in [3.8, 4) is 6.07 Å². The van der Waals surface area contributed by atoms with Crippen LogP contribution in [0.1, 0.15) is 33.6 Å². The molecule has 0 aliphatic heterocycles. The van der Waals surface area contributed by atoms with Gasteiger partial charge in [0, 0.05) is 25.8 Å². The van der Waals surface area contributed by atoms with E-state index in [4.69, 9.17) is 19.3 Å². The summed E-state index contributed by atoms with van der Waals surface area (Å²) in [5.74, 6) is 0. The van der Waals surface area contributed by atoms with Gasteiger partial charge in [0.2, 0.25) is 6.03 Å². The van der Waals surface area contributed by atoms with Crippen LogP contribution in [0.3, 0.4) is 0 Å². The van der Waals surface area contributed by atoms with E-state index in [1.54, 1.807) is 6.92 Å². The van der Waals surface area contributed by atoms with E-state index >= 15 is 0 Å². The van der Waals surface area contributed by atoms with Crippen LogP contribution in [0.5, 0.6) is 0 Å². The highest BCUT2D eigenvalue weighted by atomic mass is 31.2. The van der Waals surface area contributed by atoms with Crippen molar-refractivity contribution in [3.63, 3.8) is 0 Å². The Morgan fingerprint density at radius 2 is 1.76 bits per heavy atom. The van der Waals surface area contributed by atoms with E-state index in [0.29, 0.717) is 38.8 Å². The molecule has 5 nitrogen and oxygen atoms in total. The monoisotopic (exact) mass is 263 g/mol. The Kier molecular flexibility index (Phi) is 9.39. The zero-order valence-corrected chi connectivity index (χ0v) is 11.7. The van der Waals surface area contributed by atoms with Crippen LogP contribution in [-0.2, 0) is 18.6 Å². The van der Waals surface area contributed by atoms with Gasteiger partial charge in [-0.1, -0.05) is 0 Å². The van der Waals surface area contributed by atoms with Crippen molar-refractivity contribution in [2.75, 3.05) is 26.0 Å². The molecule has 0 spiro atoms. The number of hydrogen-bond acceptors (Lipinski definition) is 5. The quantitative estimate of drug-likeness (QED) is 0.344. The van der Waals surface area contributed by atoms with Gasteiger partial charge < -0.3 is 14.0 Å². The Labute approximate surface area is 103 Å². The van der Waals surface area contributed by atoms with Gasteiger partial charge in [0.1, 0.15) is 0 Å². The Bertz CT molecular complexity index is 271. The van der Waals surface area contributed by atoms with Crippen molar-refractivity contribution in [1.29, 1.82) is 5.26 Å². The normalized spacial score (nSPS) is 14.5. The van der Waals surface area contributed by atoms with E-state index in [-0.39, 0.29) is 0 Å². The van der Waals surface area contributed by atoms with Crippen LogP contribution in [0.25, 0.3) is 0 Å². The third kappa shape index (κ3) is 6.18. The first-order valence-corrected chi connectivity index (χ1v) is 7.85. The Morgan fingerprint density at radius 1 is 1.18 bits per heavy atom. The SMILES string of the molecule is CCOC(OCC)P(=O)(CCCC#N)OCC. The lowest BCUT2D eigenvalue weighted by atomic mass is 10.4. The van der Waals surface area contributed by atoms with Gasteiger partial charge in [-0.25, -0.2) is 0 Å². The molecule has 0 aromatic heterocycles. The van der Waals surface area contributed by atoms with Gasteiger partial charge in [0.25, 0.3) is 7.37 Å². The predicted octanol–water partition coefficient (Wildman–Crippen LogP) is 2.96. The summed E-state index contributed by atoms with van der Waals surface area (Å²) in [5.41, 5.74) is 0. The highest BCUT2D eigenvalue weighted by molar-refractivity contribution is 7.59. The third-order valence-corrected chi connectivity index (χ3v) is 4.62. The first-order chi connectivity index (χ1) is 8.14. The van der Waals surface area contributed by atoms with Crippen LogP contribution in [0.2, 0.25) is 0 Å². The molecule has 0 aliphatic carbocycles. The summed E-state index contributed by atoms with van der Waals surface area (Å²) in [4.78, 5) is 0. The Morgan fingerprint density at radius 3 is 2.18 bits per heavy atom. The van der Waals surface area contributed by atoms with Crippen molar-refractivity contribution in [2.45, 2.75) is 39.6 Å². The number of nitrogens with zero attached hydrogens (tertiary/aromatic N) is 1. The molecule has 0 radical (unpaired) electrons. The number of nitriles is 1. The van der Waals surface area contributed by atoms with Crippen LogP contribution in [0, 0.1) is 11.3 Å². The summed E-state index contributed by atoms with van der Waals surface area (Å²) in [7, 11) is -2.99. The highest BCUT2D eigenvalue weighted by Gasteiger charge is 2.35. The molecular weight excluding hydrogens is 241 g/mol. The average Bonchev–Trinajstić information content (AvgIpc) is 2.29. The molecule has 1 atom stereocenters. The Balaban J connectivity index is 4.61. The van der Waals surface area contributed by atoms with E-state index in [1.807, 2.05) is 19.9 Å². The molecule has 0 amide bonds. The van der Waals surface area contributed by atoms with Gasteiger partial charge >= 0.3 is 0 Å². The van der Waals surface area contributed by atoms with Gasteiger partial charge in [0.15, 0.2) is 0 Å². The number of unbranched alkanes of at least 4 members (excludes halogenated alkanes) is 1. The Hall–Kier alpha value is -0.400. The molecule has 0 heterocycles. The lowest BCUT2D eigenvalue weighted by Gasteiger charge is -2.26.